The first-order valence-electron chi connectivity index (χ1n) is 10.8. The van der Waals surface area contributed by atoms with Gasteiger partial charge in [-0.05, 0) is 56.7 Å². The van der Waals surface area contributed by atoms with Crippen molar-refractivity contribution in [2.45, 2.75) is 26.9 Å². The summed E-state index contributed by atoms with van der Waals surface area (Å²) in [6, 6.07) is 11.3. The Morgan fingerprint density at radius 2 is 1.78 bits per heavy atom. The summed E-state index contributed by atoms with van der Waals surface area (Å²) in [7, 11) is 1.66. The molecule has 0 saturated carbocycles. The van der Waals surface area contributed by atoms with Crippen molar-refractivity contribution in [1.29, 1.82) is 0 Å². The molecular weight excluding hydrogens is 406 g/mol. The SMILES string of the molecule is COc1cc2ncnc(N3CCN(C(=O)Nc4ccc(OC(C)C)cc4)CC3)c2cc1C. The first-order valence-corrected chi connectivity index (χ1v) is 10.8. The Bertz CT molecular complexity index is 1090. The van der Waals surface area contributed by atoms with Crippen molar-refractivity contribution >= 4 is 28.4 Å². The van der Waals surface area contributed by atoms with Gasteiger partial charge in [0.2, 0.25) is 0 Å². The van der Waals surface area contributed by atoms with Crippen LogP contribution in [0.3, 0.4) is 0 Å². The average Bonchev–Trinajstić information content (AvgIpc) is 2.79. The van der Waals surface area contributed by atoms with Crippen LogP contribution in [0.2, 0.25) is 0 Å². The quantitative estimate of drug-likeness (QED) is 0.650. The molecule has 3 aromatic rings. The lowest BCUT2D eigenvalue weighted by Crippen LogP contribution is -2.50. The number of nitrogens with zero attached hydrogens (tertiary/aromatic N) is 4. The number of nitrogens with one attached hydrogen (secondary N) is 1. The number of methoxy groups -OCH3 is 1. The zero-order valence-corrected chi connectivity index (χ0v) is 19.0. The maximum atomic E-state index is 12.7. The third kappa shape index (κ3) is 4.69. The van der Waals surface area contributed by atoms with Crippen molar-refractivity contribution in [1.82, 2.24) is 14.9 Å². The number of fused-ring (bicyclic) bond motifs is 1. The minimum Gasteiger partial charge on any atom is -0.496 e. The highest BCUT2D eigenvalue weighted by Crippen LogP contribution is 2.30. The smallest absolute Gasteiger partial charge is 0.321 e. The predicted molar refractivity (Wildman–Crippen MR) is 126 cm³/mol. The van der Waals surface area contributed by atoms with Crippen molar-refractivity contribution in [2.75, 3.05) is 43.5 Å². The maximum Gasteiger partial charge on any atom is 0.321 e. The second kappa shape index (κ2) is 9.30. The molecular formula is C24H29N5O3. The number of anilines is 2. The molecule has 2 heterocycles. The van der Waals surface area contributed by atoms with Gasteiger partial charge in [0.25, 0.3) is 0 Å². The van der Waals surface area contributed by atoms with Crippen LogP contribution in [0.25, 0.3) is 10.9 Å². The highest BCUT2D eigenvalue weighted by Gasteiger charge is 2.23. The van der Waals surface area contributed by atoms with E-state index < -0.39 is 0 Å². The van der Waals surface area contributed by atoms with Gasteiger partial charge < -0.3 is 24.6 Å². The highest BCUT2D eigenvalue weighted by atomic mass is 16.5. The molecule has 8 heteroatoms. The van der Waals surface area contributed by atoms with Crippen LogP contribution in [-0.2, 0) is 0 Å². The number of carbonyl (C=O) groups is 1. The molecule has 1 aliphatic heterocycles. The van der Waals surface area contributed by atoms with Crippen LogP contribution in [0, 0.1) is 6.92 Å². The van der Waals surface area contributed by atoms with E-state index >= 15 is 0 Å². The summed E-state index contributed by atoms with van der Waals surface area (Å²) in [6.45, 7) is 8.60. The van der Waals surface area contributed by atoms with Crippen LogP contribution in [0.4, 0.5) is 16.3 Å². The van der Waals surface area contributed by atoms with Crippen molar-refractivity contribution in [2.24, 2.45) is 0 Å². The highest BCUT2D eigenvalue weighted by molar-refractivity contribution is 5.92. The molecule has 0 radical (unpaired) electrons. The maximum absolute atomic E-state index is 12.7. The fourth-order valence-electron chi connectivity index (χ4n) is 3.86. The Kier molecular flexibility index (Phi) is 6.30. The first kappa shape index (κ1) is 21.7. The molecule has 1 N–H and O–H groups in total. The largest absolute Gasteiger partial charge is 0.496 e. The van der Waals surface area contributed by atoms with E-state index in [9.17, 15) is 4.79 Å². The summed E-state index contributed by atoms with van der Waals surface area (Å²) in [5, 5.41) is 3.96. The Morgan fingerprint density at radius 3 is 2.44 bits per heavy atom. The number of rotatable bonds is 5. The standard InChI is InChI=1S/C24H29N5O3/c1-16(2)32-19-7-5-18(6-8-19)27-24(30)29-11-9-28(10-12-29)23-20-13-17(3)22(31-4)14-21(20)25-15-26-23/h5-8,13-16H,9-12H2,1-4H3,(H,27,30). The van der Waals surface area contributed by atoms with Gasteiger partial charge in [0.15, 0.2) is 0 Å². The van der Waals surface area contributed by atoms with E-state index in [4.69, 9.17) is 9.47 Å². The van der Waals surface area contributed by atoms with E-state index in [2.05, 4.69) is 26.3 Å². The van der Waals surface area contributed by atoms with E-state index in [1.165, 1.54) is 0 Å². The summed E-state index contributed by atoms with van der Waals surface area (Å²) in [6.07, 6.45) is 1.70. The van der Waals surface area contributed by atoms with Gasteiger partial charge in [-0.1, -0.05) is 0 Å². The number of urea groups is 1. The Morgan fingerprint density at radius 1 is 1.06 bits per heavy atom. The number of aromatic nitrogens is 2. The Labute approximate surface area is 188 Å². The summed E-state index contributed by atoms with van der Waals surface area (Å²) < 4.78 is 11.1. The number of aryl methyl sites for hydroxylation is 1. The van der Waals surface area contributed by atoms with Gasteiger partial charge in [0, 0.05) is 43.3 Å². The molecule has 0 bridgehead atoms. The second-order valence-electron chi connectivity index (χ2n) is 8.13. The van der Waals surface area contributed by atoms with Crippen molar-refractivity contribution in [3.8, 4) is 11.5 Å². The molecule has 1 saturated heterocycles. The summed E-state index contributed by atoms with van der Waals surface area (Å²) in [4.78, 5) is 25.7. The van der Waals surface area contributed by atoms with Gasteiger partial charge in [-0.25, -0.2) is 14.8 Å². The molecule has 8 nitrogen and oxygen atoms in total. The third-order valence-corrected chi connectivity index (χ3v) is 5.47. The fourth-order valence-corrected chi connectivity index (χ4v) is 3.86. The molecule has 1 aromatic heterocycles. The molecule has 0 unspecified atom stereocenters. The average molecular weight is 436 g/mol. The molecule has 0 atom stereocenters. The normalized spacial score (nSPS) is 14.0. The molecule has 168 valence electrons. The van der Waals surface area contributed by atoms with Crippen LogP contribution < -0.4 is 19.7 Å². The van der Waals surface area contributed by atoms with Gasteiger partial charge in [-0.2, -0.15) is 0 Å². The summed E-state index contributed by atoms with van der Waals surface area (Å²) in [5.41, 5.74) is 2.64. The Hall–Kier alpha value is -3.55. The lowest BCUT2D eigenvalue weighted by Gasteiger charge is -2.35. The molecule has 0 spiro atoms. The minimum absolute atomic E-state index is 0.102. The molecule has 2 amide bonds. The van der Waals surface area contributed by atoms with E-state index in [-0.39, 0.29) is 12.1 Å². The molecule has 1 fully saturated rings. The van der Waals surface area contributed by atoms with Gasteiger partial charge >= 0.3 is 6.03 Å². The molecule has 4 rings (SSSR count). The topological polar surface area (TPSA) is 79.8 Å². The monoisotopic (exact) mass is 435 g/mol. The lowest BCUT2D eigenvalue weighted by molar-refractivity contribution is 0.208. The van der Waals surface area contributed by atoms with Crippen molar-refractivity contribution in [3.05, 3.63) is 48.3 Å². The number of benzene rings is 2. The summed E-state index contributed by atoms with van der Waals surface area (Å²) in [5.74, 6) is 2.49. The lowest BCUT2D eigenvalue weighted by atomic mass is 10.1. The van der Waals surface area contributed by atoms with E-state index in [1.54, 1.807) is 13.4 Å². The number of ether oxygens (including phenoxy) is 2. The zero-order valence-electron chi connectivity index (χ0n) is 19.0. The van der Waals surface area contributed by atoms with E-state index in [0.29, 0.717) is 26.2 Å². The van der Waals surface area contributed by atoms with Crippen LogP contribution in [0.5, 0.6) is 11.5 Å². The van der Waals surface area contributed by atoms with Crippen LogP contribution in [0.15, 0.2) is 42.7 Å². The minimum atomic E-state index is -0.102. The number of hydrogen-bond donors (Lipinski definition) is 1. The second-order valence-corrected chi connectivity index (χ2v) is 8.13. The van der Waals surface area contributed by atoms with Gasteiger partial charge in [-0.15, -0.1) is 0 Å². The predicted octanol–water partition coefficient (Wildman–Crippen LogP) is 4.09. The Balaban J connectivity index is 1.40. The van der Waals surface area contributed by atoms with E-state index in [0.717, 1.165) is 39.5 Å². The molecule has 1 aliphatic rings. The first-order chi connectivity index (χ1) is 15.4. The molecule has 32 heavy (non-hydrogen) atoms. The number of piperazine rings is 1. The van der Waals surface area contributed by atoms with Crippen LogP contribution in [0.1, 0.15) is 19.4 Å². The summed E-state index contributed by atoms with van der Waals surface area (Å²) >= 11 is 0. The number of hydrogen-bond acceptors (Lipinski definition) is 6. The van der Waals surface area contributed by atoms with Gasteiger partial charge in [0.1, 0.15) is 23.6 Å². The van der Waals surface area contributed by atoms with Gasteiger partial charge in [-0.3, -0.25) is 0 Å². The molecule has 0 aliphatic carbocycles. The van der Waals surface area contributed by atoms with Crippen molar-refractivity contribution < 1.29 is 14.3 Å². The fraction of sp³-hybridized carbons (Fsp3) is 0.375. The molecule has 2 aromatic carbocycles. The number of carbonyl (C=O) groups excluding carboxylic acids is 1. The zero-order chi connectivity index (χ0) is 22.7. The third-order valence-electron chi connectivity index (χ3n) is 5.47. The van der Waals surface area contributed by atoms with Crippen LogP contribution >= 0.6 is 0 Å². The van der Waals surface area contributed by atoms with Gasteiger partial charge in [0.05, 0.1) is 18.7 Å². The van der Waals surface area contributed by atoms with E-state index in [1.807, 2.05) is 56.0 Å². The van der Waals surface area contributed by atoms with Crippen molar-refractivity contribution in [3.63, 3.8) is 0 Å². The number of amides is 2. The van der Waals surface area contributed by atoms with Crippen LogP contribution in [-0.4, -0.2) is 60.3 Å².